The predicted molar refractivity (Wildman–Crippen MR) is 72.5 cm³/mol. The van der Waals surface area contributed by atoms with Crippen molar-refractivity contribution in [3.05, 3.63) is 35.4 Å². The van der Waals surface area contributed by atoms with Gasteiger partial charge in [-0.3, -0.25) is 9.69 Å². The molecule has 1 N–H and O–H groups in total. The van der Waals surface area contributed by atoms with Crippen molar-refractivity contribution in [3.8, 4) is 0 Å². The lowest BCUT2D eigenvalue weighted by Crippen LogP contribution is -2.41. The Morgan fingerprint density at radius 3 is 2.95 bits per heavy atom. The van der Waals surface area contributed by atoms with Gasteiger partial charge in [-0.2, -0.15) is 0 Å². The molecule has 6 heteroatoms. The second-order valence-corrected chi connectivity index (χ2v) is 5.30. The minimum absolute atomic E-state index is 0.0663. The summed E-state index contributed by atoms with van der Waals surface area (Å²) in [5.41, 5.74) is 0.0663. The summed E-state index contributed by atoms with van der Waals surface area (Å²) in [5.74, 6) is -1.91. The van der Waals surface area contributed by atoms with Crippen LogP contribution in [0.15, 0.2) is 18.2 Å². The van der Waals surface area contributed by atoms with E-state index in [1.54, 1.807) is 0 Å². The Bertz CT molecular complexity index is 510. The van der Waals surface area contributed by atoms with Crippen molar-refractivity contribution in [1.82, 2.24) is 4.90 Å². The molecule has 2 atom stereocenters. The van der Waals surface area contributed by atoms with Crippen LogP contribution in [0.25, 0.3) is 0 Å². The average molecular weight is 299 g/mol. The first-order chi connectivity index (χ1) is 10.0. The summed E-state index contributed by atoms with van der Waals surface area (Å²) in [6.07, 6.45) is 0.518. The van der Waals surface area contributed by atoms with Gasteiger partial charge < -0.3 is 9.84 Å². The van der Waals surface area contributed by atoms with Crippen LogP contribution >= 0.6 is 0 Å². The average Bonchev–Trinajstić information content (AvgIpc) is 2.46. The molecule has 1 aliphatic heterocycles. The number of methoxy groups -OCH3 is 1. The van der Waals surface area contributed by atoms with Crippen molar-refractivity contribution < 1.29 is 23.4 Å². The van der Waals surface area contributed by atoms with Crippen molar-refractivity contribution in [2.45, 2.75) is 18.9 Å². The van der Waals surface area contributed by atoms with E-state index in [1.165, 1.54) is 13.2 Å². The first-order valence-corrected chi connectivity index (χ1v) is 6.94. The van der Waals surface area contributed by atoms with Gasteiger partial charge in [0, 0.05) is 24.7 Å². The zero-order valence-corrected chi connectivity index (χ0v) is 11.9. The van der Waals surface area contributed by atoms with Crippen molar-refractivity contribution in [1.29, 1.82) is 0 Å². The van der Waals surface area contributed by atoms with Crippen LogP contribution in [0.3, 0.4) is 0 Å². The van der Waals surface area contributed by atoms with E-state index in [0.29, 0.717) is 6.54 Å². The summed E-state index contributed by atoms with van der Waals surface area (Å²) < 4.78 is 31.2. The molecule has 1 fully saturated rings. The highest BCUT2D eigenvalue weighted by atomic mass is 19.1. The SMILES string of the molecule is COC(=O)C1CCCN(CC(O)c2ccc(F)cc2F)C1. The number of rotatable bonds is 4. The summed E-state index contributed by atoms with van der Waals surface area (Å²) in [6.45, 7) is 1.41. The number of hydrogen-bond acceptors (Lipinski definition) is 4. The first-order valence-electron chi connectivity index (χ1n) is 6.94. The molecule has 116 valence electrons. The summed E-state index contributed by atoms with van der Waals surface area (Å²) in [4.78, 5) is 13.4. The van der Waals surface area contributed by atoms with Gasteiger partial charge in [-0.05, 0) is 25.5 Å². The monoisotopic (exact) mass is 299 g/mol. The van der Waals surface area contributed by atoms with E-state index in [4.69, 9.17) is 4.74 Å². The number of benzene rings is 1. The Balaban J connectivity index is 1.98. The first kappa shape index (κ1) is 15.9. The van der Waals surface area contributed by atoms with Gasteiger partial charge >= 0.3 is 5.97 Å². The predicted octanol–water partition coefficient (Wildman–Crippen LogP) is 1.88. The quantitative estimate of drug-likeness (QED) is 0.863. The third-order valence-corrected chi connectivity index (χ3v) is 3.79. The lowest BCUT2D eigenvalue weighted by molar-refractivity contribution is -0.147. The third kappa shape index (κ3) is 3.98. The molecule has 1 aliphatic rings. The van der Waals surface area contributed by atoms with E-state index in [9.17, 15) is 18.7 Å². The van der Waals surface area contributed by atoms with Crippen LogP contribution in [0.4, 0.5) is 8.78 Å². The lowest BCUT2D eigenvalue weighted by atomic mass is 9.97. The standard InChI is InChI=1S/C15H19F2NO3/c1-21-15(20)10-3-2-6-18(8-10)9-14(19)12-5-4-11(16)7-13(12)17/h4-5,7,10,14,19H,2-3,6,8-9H2,1H3. The summed E-state index contributed by atoms with van der Waals surface area (Å²) in [6, 6.07) is 3.12. The van der Waals surface area contributed by atoms with Gasteiger partial charge in [-0.25, -0.2) is 8.78 Å². The molecule has 1 heterocycles. The fourth-order valence-corrected chi connectivity index (χ4v) is 2.70. The van der Waals surface area contributed by atoms with Gasteiger partial charge in [0.15, 0.2) is 0 Å². The van der Waals surface area contributed by atoms with Crippen LogP contribution in [0.2, 0.25) is 0 Å². The van der Waals surface area contributed by atoms with Gasteiger partial charge in [0.1, 0.15) is 11.6 Å². The summed E-state index contributed by atoms with van der Waals surface area (Å²) in [5, 5.41) is 10.1. The van der Waals surface area contributed by atoms with Crippen LogP contribution < -0.4 is 0 Å². The van der Waals surface area contributed by atoms with E-state index >= 15 is 0 Å². The van der Waals surface area contributed by atoms with Crippen LogP contribution in [0.1, 0.15) is 24.5 Å². The highest BCUT2D eigenvalue weighted by Gasteiger charge is 2.28. The number of likely N-dealkylation sites (tertiary alicyclic amines) is 1. The Kier molecular flexibility index (Phi) is 5.25. The summed E-state index contributed by atoms with van der Waals surface area (Å²) >= 11 is 0. The molecule has 1 saturated heterocycles. The maximum atomic E-state index is 13.6. The Labute approximate surface area is 122 Å². The molecule has 21 heavy (non-hydrogen) atoms. The van der Waals surface area contributed by atoms with E-state index < -0.39 is 17.7 Å². The normalized spacial score (nSPS) is 21.0. The molecule has 2 unspecified atom stereocenters. The topological polar surface area (TPSA) is 49.8 Å². The van der Waals surface area contributed by atoms with Gasteiger partial charge in [-0.15, -0.1) is 0 Å². The smallest absolute Gasteiger partial charge is 0.309 e. The van der Waals surface area contributed by atoms with Gasteiger partial charge in [-0.1, -0.05) is 6.07 Å². The maximum absolute atomic E-state index is 13.6. The van der Waals surface area contributed by atoms with Gasteiger partial charge in [0.25, 0.3) is 0 Å². The number of halogens is 2. The zero-order valence-electron chi connectivity index (χ0n) is 11.9. The molecule has 0 bridgehead atoms. The highest BCUT2D eigenvalue weighted by Crippen LogP contribution is 2.23. The number of β-amino-alcohol motifs (C(OH)–C–C–N with tert-alkyl or cyclic N) is 1. The molecule has 1 aromatic carbocycles. The van der Waals surface area contributed by atoms with E-state index in [0.717, 1.165) is 31.5 Å². The number of ether oxygens (including phenoxy) is 1. The molecule has 0 amide bonds. The number of piperidine rings is 1. The van der Waals surface area contributed by atoms with E-state index in [1.807, 2.05) is 4.90 Å². The number of nitrogens with zero attached hydrogens (tertiary/aromatic N) is 1. The molecule has 4 nitrogen and oxygen atoms in total. The van der Waals surface area contributed by atoms with Gasteiger partial charge in [0.2, 0.25) is 0 Å². The lowest BCUT2D eigenvalue weighted by Gasteiger charge is -2.32. The highest BCUT2D eigenvalue weighted by molar-refractivity contribution is 5.72. The minimum atomic E-state index is -1.05. The van der Waals surface area contributed by atoms with Crippen molar-refractivity contribution in [2.24, 2.45) is 5.92 Å². The van der Waals surface area contributed by atoms with Crippen LogP contribution in [-0.4, -0.2) is 42.7 Å². The van der Waals surface area contributed by atoms with E-state index in [2.05, 4.69) is 0 Å². The second kappa shape index (κ2) is 6.95. The number of carbonyl (C=O) groups excluding carboxylic acids is 1. The minimum Gasteiger partial charge on any atom is -0.469 e. The molecule has 0 spiro atoms. The molecule has 0 aliphatic carbocycles. The Morgan fingerprint density at radius 1 is 1.52 bits per heavy atom. The largest absolute Gasteiger partial charge is 0.469 e. The number of aliphatic hydroxyl groups is 1. The molecule has 2 rings (SSSR count). The fourth-order valence-electron chi connectivity index (χ4n) is 2.70. The van der Waals surface area contributed by atoms with Crippen molar-refractivity contribution in [2.75, 3.05) is 26.7 Å². The fraction of sp³-hybridized carbons (Fsp3) is 0.533. The molecule has 1 aromatic rings. The molecular formula is C15H19F2NO3. The van der Waals surface area contributed by atoms with Crippen molar-refractivity contribution >= 4 is 5.97 Å². The summed E-state index contributed by atoms with van der Waals surface area (Å²) in [7, 11) is 1.35. The van der Waals surface area contributed by atoms with Crippen LogP contribution in [-0.2, 0) is 9.53 Å². The Morgan fingerprint density at radius 2 is 2.29 bits per heavy atom. The van der Waals surface area contributed by atoms with Crippen molar-refractivity contribution in [3.63, 3.8) is 0 Å². The maximum Gasteiger partial charge on any atom is 0.309 e. The van der Waals surface area contributed by atoms with Gasteiger partial charge in [0.05, 0.1) is 19.1 Å². The number of aliphatic hydroxyl groups excluding tert-OH is 1. The number of carbonyl (C=O) groups is 1. The molecular weight excluding hydrogens is 280 g/mol. The molecule has 0 radical (unpaired) electrons. The third-order valence-electron chi connectivity index (χ3n) is 3.79. The Hall–Kier alpha value is -1.53. The van der Waals surface area contributed by atoms with E-state index in [-0.39, 0.29) is 24.0 Å². The van der Waals surface area contributed by atoms with Crippen LogP contribution in [0.5, 0.6) is 0 Å². The van der Waals surface area contributed by atoms with Crippen LogP contribution in [0, 0.1) is 17.6 Å². The number of esters is 1. The molecule has 0 saturated carbocycles. The second-order valence-electron chi connectivity index (χ2n) is 5.30. The molecule has 0 aromatic heterocycles. The zero-order chi connectivity index (χ0) is 15.4. The number of hydrogen-bond donors (Lipinski definition) is 1.